The maximum atomic E-state index is 13.7. The van der Waals surface area contributed by atoms with Gasteiger partial charge in [0.15, 0.2) is 0 Å². The zero-order valence-corrected chi connectivity index (χ0v) is 16.6. The molecule has 0 N–H and O–H groups in total. The van der Waals surface area contributed by atoms with Crippen LogP contribution in [0.4, 0.5) is 8.78 Å². The third-order valence-corrected chi connectivity index (χ3v) is 7.17. The first-order valence-corrected chi connectivity index (χ1v) is 10.7. The van der Waals surface area contributed by atoms with Crippen LogP contribution in [0.3, 0.4) is 0 Å². The molecular weight excluding hydrogens is 400 g/mol. The lowest BCUT2D eigenvalue weighted by Crippen LogP contribution is -2.49. The van der Waals surface area contributed by atoms with E-state index < -0.39 is 16.6 Å². The van der Waals surface area contributed by atoms with E-state index in [-0.39, 0.29) is 29.9 Å². The minimum Gasteiger partial charge on any atom is -0.291 e. The van der Waals surface area contributed by atoms with Crippen LogP contribution in [0.15, 0.2) is 53.7 Å². The molecule has 4 rings (SSSR count). The maximum absolute atomic E-state index is 13.7. The van der Waals surface area contributed by atoms with Crippen LogP contribution < -0.4 is 0 Å². The normalized spacial score (nSPS) is 17.8. The Labute approximate surface area is 167 Å². The van der Waals surface area contributed by atoms with Crippen molar-refractivity contribution in [3.05, 3.63) is 54.6 Å². The van der Waals surface area contributed by atoms with Crippen molar-refractivity contribution in [2.45, 2.75) is 24.4 Å². The van der Waals surface area contributed by atoms with Crippen LogP contribution in [-0.2, 0) is 10.0 Å². The molecule has 1 aliphatic heterocycles. The Morgan fingerprint density at radius 2 is 1.76 bits per heavy atom. The number of piperazine rings is 1. The lowest BCUT2D eigenvalue weighted by atomic mass is 10.2. The fourth-order valence-electron chi connectivity index (χ4n) is 3.71. The van der Waals surface area contributed by atoms with Gasteiger partial charge in [-0.3, -0.25) is 14.5 Å². The smallest absolute Gasteiger partial charge is 0.291 e. The molecule has 0 saturated carbocycles. The number of hydrogen-bond acceptors (Lipinski definition) is 5. The quantitative estimate of drug-likeness (QED) is 0.634. The molecular formula is C19H21F2N5O2S. The minimum atomic E-state index is -3.61. The van der Waals surface area contributed by atoms with Gasteiger partial charge in [-0.1, -0.05) is 12.1 Å². The summed E-state index contributed by atoms with van der Waals surface area (Å²) in [5.74, 6) is 0.282. The molecule has 29 heavy (non-hydrogen) atoms. The number of nitrogens with zero attached hydrogens (tertiary/aromatic N) is 5. The minimum absolute atomic E-state index is 0.154. The van der Waals surface area contributed by atoms with Crippen molar-refractivity contribution in [2.24, 2.45) is 0 Å². The number of imidazole rings is 1. The lowest BCUT2D eigenvalue weighted by Gasteiger charge is -2.37. The van der Waals surface area contributed by atoms with Gasteiger partial charge in [0.1, 0.15) is 10.7 Å². The molecule has 1 aromatic carbocycles. The first-order valence-electron chi connectivity index (χ1n) is 9.29. The molecule has 154 valence electrons. The predicted octanol–water partition coefficient (Wildman–Crippen LogP) is 2.89. The zero-order valence-electron chi connectivity index (χ0n) is 15.8. The van der Waals surface area contributed by atoms with Gasteiger partial charge < -0.3 is 0 Å². The van der Waals surface area contributed by atoms with E-state index in [0.717, 1.165) is 4.57 Å². The van der Waals surface area contributed by atoms with Crippen LogP contribution in [0.5, 0.6) is 0 Å². The molecule has 3 aromatic rings. The van der Waals surface area contributed by atoms with Crippen molar-refractivity contribution in [3.63, 3.8) is 0 Å². The molecule has 0 spiro atoms. The van der Waals surface area contributed by atoms with Gasteiger partial charge in [0.05, 0.1) is 17.1 Å². The Kier molecular flexibility index (Phi) is 5.32. The number of aromatic nitrogens is 3. The highest BCUT2D eigenvalue weighted by Gasteiger charge is 2.32. The van der Waals surface area contributed by atoms with E-state index in [9.17, 15) is 17.2 Å². The van der Waals surface area contributed by atoms with Crippen LogP contribution >= 0.6 is 0 Å². The number of para-hydroxylation sites is 2. The average Bonchev–Trinajstić information content (AvgIpc) is 3.14. The third kappa shape index (κ3) is 3.63. The van der Waals surface area contributed by atoms with Crippen LogP contribution in [-0.4, -0.2) is 58.3 Å². The third-order valence-electron chi connectivity index (χ3n) is 5.29. The predicted molar refractivity (Wildman–Crippen MR) is 104 cm³/mol. The van der Waals surface area contributed by atoms with E-state index in [4.69, 9.17) is 0 Å². The van der Waals surface area contributed by atoms with Crippen LogP contribution in [0.25, 0.3) is 11.0 Å². The first-order chi connectivity index (χ1) is 13.9. The number of sulfonamides is 1. The van der Waals surface area contributed by atoms with Gasteiger partial charge in [-0.2, -0.15) is 13.1 Å². The number of fused-ring (bicyclic) bond motifs is 1. The zero-order chi connectivity index (χ0) is 20.6. The van der Waals surface area contributed by atoms with Gasteiger partial charge in [-0.05, 0) is 31.2 Å². The second-order valence-electron chi connectivity index (χ2n) is 6.91. The Hall–Kier alpha value is -2.43. The van der Waals surface area contributed by atoms with Gasteiger partial charge in [-0.25, -0.2) is 13.4 Å². The monoisotopic (exact) mass is 421 g/mol. The summed E-state index contributed by atoms with van der Waals surface area (Å²) in [6.07, 6.45) is 2.85. The van der Waals surface area contributed by atoms with Gasteiger partial charge in [0, 0.05) is 38.6 Å². The number of rotatable bonds is 5. The molecule has 0 amide bonds. The summed E-state index contributed by atoms with van der Waals surface area (Å²) in [6, 6.07) is 9.54. The van der Waals surface area contributed by atoms with Crippen LogP contribution in [0, 0.1) is 0 Å². The molecule has 0 radical (unpaired) electrons. The second kappa shape index (κ2) is 7.77. The fourth-order valence-corrected chi connectivity index (χ4v) is 5.09. The Balaban J connectivity index is 1.54. The first kappa shape index (κ1) is 19.9. The van der Waals surface area contributed by atoms with E-state index in [1.54, 1.807) is 30.3 Å². The molecule has 1 aliphatic rings. The van der Waals surface area contributed by atoms with Crippen molar-refractivity contribution >= 4 is 21.1 Å². The molecule has 0 aliphatic carbocycles. The molecule has 1 unspecified atom stereocenters. The van der Waals surface area contributed by atoms with E-state index in [1.165, 1.54) is 22.8 Å². The number of hydrogen-bond donors (Lipinski definition) is 0. The Morgan fingerprint density at radius 3 is 2.41 bits per heavy atom. The number of alkyl halides is 2. The largest absolute Gasteiger partial charge is 0.320 e. The van der Waals surface area contributed by atoms with Gasteiger partial charge in [-0.15, -0.1) is 0 Å². The number of pyridine rings is 1. The molecule has 1 atom stereocenters. The van der Waals surface area contributed by atoms with E-state index in [0.29, 0.717) is 24.1 Å². The van der Waals surface area contributed by atoms with E-state index >= 15 is 0 Å². The highest BCUT2D eigenvalue weighted by atomic mass is 32.2. The molecule has 3 heterocycles. The van der Waals surface area contributed by atoms with Gasteiger partial charge in [0.2, 0.25) is 10.0 Å². The lowest BCUT2D eigenvalue weighted by molar-refractivity contribution is 0.0616. The summed E-state index contributed by atoms with van der Waals surface area (Å²) < 4.78 is 55.3. The van der Waals surface area contributed by atoms with Crippen molar-refractivity contribution in [1.29, 1.82) is 0 Å². The Bertz CT molecular complexity index is 1100. The fraction of sp³-hybridized carbons (Fsp3) is 0.368. The van der Waals surface area contributed by atoms with Gasteiger partial charge in [0.25, 0.3) is 0 Å². The number of halogens is 2. The molecule has 1 fully saturated rings. The highest BCUT2D eigenvalue weighted by Crippen LogP contribution is 2.30. The standard InChI is InChI=1S/C19H21F2N5O2S/c1-14(18-23-16-6-2-3-7-17(16)26(18)19(20)21)24-9-11-25(12-10-24)29(27,28)15-5-4-8-22-13-15/h2-8,13-14,19H,9-12H2,1H3. The van der Waals surface area contributed by atoms with Crippen molar-refractivity contribution in [3.8, 4) is 0 Å². The van der Waals surface area contributed by atoms with Crippen molar-refractivity contribution < 1.29 is 17.2 Å². The van der Waals surface area contributed by atoms with E-state index in [1.807, 2.05) is 11.8 Å². The van der Waals surface area contributed by atoms with Crippen molar-refractivity contribution in [2.75, 3.05) is 26.2 Å². The SMILES string of the molecule is CC(c1nc2ccccc2n1C(F)F)N1CCN(S(=O)(=O)c2cccnc2)CC1. The van der Waals surface area contributed by atoms with Crippen LogP contribution in [0.1, 0.15) is 25.3 Å². The molecule has 1 saturated heterocycles. The summed E-state index contributed by atoms with van der Waals surface area (Å²) in [4.78, 5) is 10.4. The topological polar surface area (TPSA) is 71.3 Å². The average molecular weight is 421 g/mol. The van der Waals surface area contributed by atoms with Gasteiger partial charge >= 0.3 is 6.55 Å². The summed E-state index contributed by atoms with van der Waals surface area (Å²) in [5, 5.41) is 0. The maximum Gasteiger partial charge on any atom is 0.320 e. The summed E-state index contributed by atoms with van der Waals surface area (Å²) in [5.41, 5.74) is 0.912. The molecule has 0 bridgehead atoms. The summed E-state index contributed by atoms with van der Waals surface area (Å²) in [7, 11) is -3.61. The van der Waals surface area contributed by atoms with Crippen LogP contribution in [0.2, 0.25) is 0 Å². The van der Waals surface area contributed by atoms with Crippen molar-refractivity contribution in [1.82, 2.24) is 23.7 Å². The summed E-state index contributed by atoms with van der Waals surface area (Å²) in [6.45, 7) is 0.519. The molecule has 10 heteroatoms. The summed E-state index contributed by atoms with van der Waals surface area (Å²) >= 11 is 0. The second-order valence-corrected chi connectivity index (χ2v) is 8.85. The Morgan fingerprint density at radius 1 is 1.03 bits per heavy atom. The van der Waals surface area contributed by atoms with E-state index in [2.05, 4.69) is 9.97 Å². The highest BCUT2D eigenvalue weighted by molar-refractivity contribution is 7.89. The molecule has 7 nitrogen and oxygen atoms in total. The number of benzene rings is 1. The molecule has 2 aromatic heterocycles.